The van der Waals surface area contributed by atoms with Crippen LogP contribution in [0.2, 0.25) is 0 Å². The molecule has 0 spiro atoms. The van der Waals surface area contributed by atoms with Crippen LogP contribution < -0.4 is 20.4 Å². The van der Waals surface area contributed by atoms with Crippen LogP contribution in [0, 0.1) is 23.7 Å². The molecule has 0 fully saturated rings. The topological polar surface area (TPSA) is 161 Å². The zero-order chi connectivity index (χ0) is 31.9. The first-order valence-corrected chi connectivity index (χ1v) is 15.7. The van der Waals surface area contributed by atoms with Gasteiger partial charge in [-0.2, -0.15) is 0 Å². The van der Waals surface area contributed by atoms with E-state index in [0.29, 0.717) is 0 Å². The molecule has 0 heterocycles. The van der Waals surface area contributed by atoms with Gasteiger partial charge in [-0.25, -0.2) is 0 Å². The maximum atomic E-state index is 10.4. The third-order valence-electron chi connectivity index (χ3n) is 6.43. The smallest absolute Gasteiger partial charge is 0.550 e. The van der Waals surface area contributed by atoms with Gasteiger partial charge in [-0.1, -0.05) is 107 Å². The third-order valence-corrected chi connectivity index (χ3v) is 6.43. The summed E-state index contributed by atoms with van der Waals surface area (Å²) >= 11 is 0. The van der Waals surface area contributed by atoms with Crippen molar-refractivity contribution in [1.29, 1.82) is 0 Å². The van der Waals surface area contributed by atoms with Crippen molar-refractivity contribution in [2.45, 2.75) is 158 Å². The van der Waals surface area contributed by atoms with Crippen LogP contribution >= 0.6 is 0 Å². The first-order valence-electron chi connectivity index (χ1n) is 15.7. The monoisotopic (exact) mass is 614 g/mol. The van der Waals surface area contributed by atoms with Crippen LogP contribution in [0.25, 0.3) is 0 Å². The predicted molar refractivity (Wildman–Crippen MR) is 161 cm³/mol. The number of carboxylic acid groups (broad SMARTS) is 4. The molecule has 0 amide bonds. The van der Waals surface area contributed by atoms with Crippen molar-refractivity contribution in [2.75, 3.05) is 0 Å². The van der Waals surface area contributed by atoms with Crippen LogP contribution in [0.15, 0.2) is 0 Å². The second-order valence-corrected chi connectivity index (χ2v) is 10.4. The zero-order valence-corrected chi connectivity index (χ0v) is 29.8. The fraction of sp³-hybridized carbons (Fsp3) is 0.875. The molecule has 0 saturated carbocycles. The van der Waals surface area contributed by atoms with Gasteiger partial charge in [0.15, 0.2) is 0 Å². The van der Waals surface area contributed by atoms with Gasteiger partial charge in [0.1, 0.15) is 0 Å². The molecule has 41 heavy (non-hydrogen) atoms. The minimum absolute atomic E-state index is 0. The van der Waals surface area contributed by atoms with E-state index in [2.05, 4.69) is 0 Å². The maximum absolute atomic E-state index is 10.4. The van der Waals surface area contributed by atoms with Crippen LogP contribution in [0.4, 0.5) is 0 Å². The molecule has 0 radical (unpaired) electrons. The first-order chi connectivity index (χ1) is 18.9. The SMILES string of the molecule is CCCC(CCC)C(=O)[O-].CCCC(CCC)C(=O)[O-].CCCC(CCC)C(=O)[O-].CCCC(CCC)C(=O)[O-].[Ca+2].[H+].[H+]. The molecule has 0 saturated heterocycles. The summed E-state index contributed by atoms with van der Waals surface area (Å²) in [6, 6.07) is 0. The molecule has 0 aliphatic rings. The Kier molecular flexibility index (Phi) is 45.1. The molecule has 0 unspecified atom stereocenters. The Bertz CT molecular complexity index is 496. The van der Waals surface area contributed by atoms with Crippen molar-refractivity contribution in [3.63, 3.8) is 0 Å². The van der Waals surface area contributed by atoms with Gasteiger partial charge in [-0.15, -0.1) is 0 Å². The van der Waals surface area contributed by atoms with E-state index >= 15 is 0 Å². The normalized spacial score (nSPS) is 10.0. The Morgan fingerprint density at radius 1 is 0.366 bits per heavy atom. The van der Waals surface area contributed by atoms with Crippen LogP contribution in [0.3, 0.4) is 0 Å². The van der Waals surface area contributed by atoms with E-state index in [-0.39, 0.29) is 64.3 Å². The van der Waals surface area contributed by atoms with Crippen LogP contribution in [-0.4, -0.2) is 61.6 Å². The van der Waals surface area contributed by atoms with Crippen molar-refractivity contribution >= 4 is 61.6 Å². The molecule has 0 N–H and O–H groups in total. The molecule has 9 heteroatoms. The maximum Gasteiger partial charge on any atom is 2.00 e. The number of carboxylic acids is 4. The number of aliphatic carboxylic acids is 4. The fourth-order valence-corrected chi connectivity index (χ4v) is 4.31. The Morgan fingerprint density at radius 2 is 0.463 bits per heavy atom. The van der Waals surface area contributed by atoms with Crippen molar-refractivity contribution in [3.05, 3.63) is 0 Å². The van der Waals surface area contributed by atoms with Crippen LogP contribution in [0.5, 0.6) is 0 Å². The van der Waals surface area contributed by atoms with Gasteiger partial charge in [0.05, 0.1) is 0 Å². The van der Waals surface area contributed by atoms with E-state index in [1.165, 1.54) is 0 Å². The van der Waals surface area contributed by atoms with E-state index in [0.717, 1.165) is 103 Å². The van der Waals surface area contributed by atoms with Gasteiger partial charge in [-0.05, 0) is 75.0 Å². The summed E-state index contributed by atoms with van der Waals surface area (Å²) in [5.41, 5.74) is 0. The Morgan fingerprint density at radius 3 is 0.512 bits per heavy atom. The quantitative estimate of drug-likeness (QED) is 0.188. The molecular weight excluding hydrogens is 552 g/mol. The van der Waals surface area contributed by atoms with E-state index in [4.69, 9.17) is 0 Å². The van der Waals surface area contributed by atoms with Crippen molar-refractivity contribution in [3.8, 4) is 0 Å². The molecule has 0 aliphatic heterocycles. The third kappa shape index (κ3) is 35.2. The van der Waals surface area contributed by atoms with Crippen LogP contribution in [-0.2, 0) is 19.2 Å². The Balaban J connectivity index is -0.0000000785. The predicted octanol–water partition coefficient (Wildman–Crippen LogP) is 3.66. The number of hydrogen-bond acceptors (Lipinski definition) is 8. The molecule has 240 valence electrons. The zero-order valence-electron chi connectivity index (χ0n) is 29.6. The molecule has 8 nitrogen and oxygen atoms in total. The second kappa shape index (κ2) is 37.2. The minimum atomic E-state index is -0.885. The van der Waals surface area contributed by atoms with Crippen molar-refractivity contribution in [1.82, 2.24) is 0 Å². The van der Waals surface area contributed by atoms with Gasteiger partial charge in [0.2, 0.25) is 0 Å². The molecule has 0 rings (SSSR count). The summed E-state index contributed by atoms with van der Waals surface area (Å²) < 4.78 is 0. The van der Waals surface area contributed by atoms with Crippen molar-refractivity contribution < 1.29 is 42.5 Å². The largest absolute Gasteiger partial charge is 2.00 e. The van der Waals surface area contributed by atoms with Gasteiger partial charge >= 0.3 is 40.6 Å². The van der Waals surface area contributed by atoms with Gasteiger partial charge in [0.25, 0.3) is 0 Å². The molecule has 0 atom stereocenters. The molecule has 0 aromatic heterocycles. The molecule has 0 aromatic rings. The Labute approximate surface area is 284 Å². The summed E-state index contributed by atoms with van der Waals surface area (Å²) in [7, 11) is 0. The number of carbonyl (C=O) groups excluding carboxylic acids is 4. The molecular formula is C32H62CaO8. The Hall–Kier alpha value is -0.860. The molecule has 0 bridgehead atoms. The average molecular weight is 615 g/mol. The summed E-state index contributed by atoms with van der Waals surface area (Å²) in [4.78, 5) is 41.5. The second-order valence-electron chi connectivity index (χ2n) is 10.4. The fourth-order valence-electron chi connectivity index (χ4n) is 4.31. The summed E-state index contributed by atoms with van der Waals surface area (Å²) in [5, 5.41) is 41.5. The number of rotatable bonds is 20. The number of carbonyl (C=O) groups is 4. The van der Waals surface area contributed by atoms with Gasteiger partial charge in [0, 0.05) is 23.9 Å². The standard InChI is InChI=1S/4C8H16O2.Ca/c4*1-3-5-7(6-4-2)8(9)10;/h4*7H,3-6H2,1-2H3,(H,9,10);/q;;;;+2/p-2. The minimum Gasteiger partial charge on any atom is -0.550 e. The van der Waals surface area contributed by atoms with E-state index in [1.54, 1.807) is 0 Å². The summed E-state index contributed by atoms with van der Waals surface area (Å²) in [6.07, 6.45) is 13.5. The first kappa shape index (κ1) is 49.8. The van der Waals surface area contributed by atoms with Crippen molar-refractivity contribution in [2.24, 2.45) is 23.7 Å². The van der Waals surface area contributed by atoms with E-state index in [9.17, 15) is 39.6 Å². The van der Waals surface area contributed by atoms with Crippen LogP contribution in [0.1, 0.15) is 161 Å². The molecule has 0 aromatic carbocycles. The number of hydrogen-bond donors (Lipinski definition) is 0. The molecule has 0 aliphatic carbocycles. The summed E-state index contributed by atoms with van der Waals surface area (Å²) in [5.74, 6) is -4.39. The van der Waals surface area contributed by atoms with E-state index < -0.39 is 23.9 Å². The van der Waals surface area contributed by atoms with Gasteiger partial charge in [-0.3, -0.25) is 0 Å². The average Bonchev–Trinajstić information content (AvgIpc) is 2.89. The van der Waals surface area contributed by atoms with Gasteiger partial charge < -0.3 is 39.6 Å². The van der Waals surface area contributed by atoms with E-state index in [1.807, 2.05) is 55.4 Å². The summed E-state index contributed by atoms with van der Waals surface area (Å²) in [6.45, 7) is 15.9.